The van der Waals surface area contributed by atoms with Crippen LogP contribution in [0.1, 0.15) is 61.3 Å². The minimum absolute atomic E-state index is 0.639. The second-order valence-electron chi connectivity index (χ2n) is 2.89. The SMILES string of the molecule is C=CC1CCC(C)N1C.CC.CC.CC. The second kappa shape index (κ2) is 16.1. The Bertz CT molecular complexity index is 110. The van der Waals surface area contributed by atoms with Crippen LogP contribution in [-0.4, -0.2) is 24.0 Å². The first-order valence-corrected chi connectivity index (χ1v) is 6.60. The Kier molecular flexibility index (Phi) is 21.7. The maximum absolute atomic E-state index is 3.79. The maximum atomic E-state index is 3.79. The molecule has 1 aliphatic rings. The van der Waals surface area contributed by atoms with Gasteiger partial charge in [-0.2, -0.15) is 0 Å². The minimum Gasteiger partial charge on any atom is -0.297 e. The van der Waals surface area contributed by atoms with Crippen LogP contribution in [0.2, 0.25) is 0 Å². The van der Waals surface area contributed by atoms with Crippen molar-refractivity contribution in [3.8, 4) is 0 Å². The van der Waals surface area contributed by atoms with Crippen molar-refractivity contribution in [1.29, 1.82) is 0 Å². The molecule has 1 saturated heterocycles. The van der Waals surface area contributed by atoms with Crippen LogP contribution >= 0.6 is 0 Å². The first kappa shape index (κ1) is 20.2. The fraction of sp³-hybridized carbons (Fsp3) is 0.857. The van der Waals surface area contributed by atoms with E-state index in [1.807, 2.05) is 47.6 Å². The number of likely N-dealkylation sites (tertiary alicyclic amines) is 1. The summed E-state index contributed by atoms with van der Waals surface area (Å²) in [5.41, 5.74) is 0. The van der Waals surface area contributed by atoms with Crippen molar-refractivity contribution in [3.05, 3.63) is 12.7 Å². The molecule has 2 unspecified atom stereocenters. The zero-order valence-electron chi connectivity index (χ0n) is 12.3. The predicted octanol–water partition coefficient (Wildman–Crippen LogP) is 4.73. The third-order valence-corrected chi connectivity index (χ3v) is 2.37. The van der Waals surface area contributed by atoms with Gasteiger partial charge >= 0.3 is 0 Å². The molecule has 0 N–H and O–H groups in total. The lowest BCUT2D eigenvalue weighted by Gasteiger charge is -2.19. The highest BCUT2D eigenvalue weighted by atomic mass is 15.2. The quantitative estimate of drug-likeness (QED) is 0.571. The van der Waals surface area contributed by atoms with Gasteiger partial charge in [0.15, 0.2) is 0 Å². The monoisotopic (exact) mass is 215 g/mol. The highest BCUT2D eigenvalue weighted by molar-refractivity contribution is 4.93. The van der Waals surface area contributed by atoms with Gasteiger partial charge in [0.25, 0.3) is 0 Å². The van der Waals surface area contributed by atoms with Gasteiger partial charge in [-0.25, -0.2) is 0 Å². The van der Waals surface area contributed by atoms with Crippen LogP contribution in [-0.2, 0) is 0 Å². The Morgan fingerprint density at radius 1 is 1.00 bits per heavy atom. The molecule has 1 aliphatic heterocycles. The molecule has 1 fully saturated rings. The van der Waals surface area contributed by atoms with E-state index < -0.39 is 0 Å². The van der Waals surface area contributed by atoms with Gasteiger partial charge in [-0.1, -0.05) is 47.6 Å². The average Bonchev–Trinajstić information content (AvgIpc) is 2.67. The first-order chi connectivity index (χ1) is 7.25. The molecule has 1 rings (SSSR count). The highest BCUT2D eigenvalue weighted by Crippen LogP contribution is 2.21. The first-order valence-electron chi connectivity index (χ1n) is 6.60. The van der Waals surface area contributed by atoms with Crippen LogP contribution in [0.5, 0.6) is 0 Å². The maximum Gasteiger partial charge on any atom is 0.0275 e. The molecule has 1 heterocycles. The number of likely N-dealkylation sites (N-methyl/N-ethyl adjacent to an activating group) is 1. The van der Waals surface area contributed by atoms with Crippen molar-refractivity contribution in [1.82, 2.24) is 4.90 Å². The molecule has 94 valence electrons. The molecule has 0 bridgehead atoms. The van der Waals surface area contributed by atoms with E-state index in [-0.39, 0.29) is 0 Å². The smallest absolute Gasteiger partial charge is 0.0275 e. The van der Waals surface area contributed by atoms with Crippen LogP contribution in [0, 0.1) is 0 Å². The summed E-state index contributed by atoms with van der Waals surface area (Å²) >= 11 is 0. The normalized spacial score (nSPS) is 23.5. The topological polar surface area (TPSA) is 3.24 Å². The molecular weight excluding hydrogens is 182 g/mol. The lowest BCUT2D eigenvalue weighted by Crippen LogP contribution is -2.28. The summed E-state index contributed by atoms with van der Waals surface area (Å²) < 4.78 is 0. The van der Waals surface area contributed by atoms with Crippen LogP contribution < -0.4 is 0 Å². The van der Waals surface area contributed by atoms with Gasteiger partial charge in [0, 0.05) is 12.1 Å². The van der Waals surface area contributed by atoms with E-state index in [1.165, 1.54) is 12.8 Å². The molecule has 0 saturated carbocycles. The van der Waals surface area contributed by atoms with Crippen LogP contribution in [0.15, 0.2) is 12.7 Å². The van der Waals surface area contributed by atoms with Gasteiger partial charge in [-0.05, 0) is 26.8 Å². The lowest BCUT2D eigenvalue weighted by atomic mass is 10.2. The largest absolute Gasteiger partial charge is 0.297 e. The number of nitrogens with zero attached hydrogens (tertiary/aromatic N) is 1. The van der Waals surface area contributed by atoms with E-state index >= 15 is 0 Å². The summed E-state index contributed by atoms with van der Waals surface area (Å²) in [6, 6.07) is 1.40. The van der Waals surface area contributed by atoms with Crippen molar-refractivity contribution in [2.45, 2.75) is 73.4 Å². The molecule has 1 nitrogen and oxygen atoms in total. The Balaban J connectivity index is -0.000000208. The Labute approximate surface area is 98.6 Å². The molecule has 0 radical (unpaired) electrons. The molecule has 2 atom stereocenters. The average molecular weight is 215 g/mol. The van der Waals surface area contributed by atoms with Crippen molar-refractivity contribution < 1.29 is 0 Å². The fourth-order valence-corrected chi connectivity index (χ4v) is 1.43. The predicted molar refractivity (Wildman–Crippen MR) is 74.5 cm³/mol. The summed E-state index contributed by atoms with van der Waals surface area (Å²) in [5.74, 6) is 0. The van der Waals surface area contributed by atoms with E-state index in [9.17, 15) is 0 Å². The van der Waals surface area contributed by atoms with E-state index in [2.05, 4.69) is 25.5 Å². The molecular formula is C14H33N. The van der Waals surface area contributed by atoms with Crippen molar-refractivity contribution in [2.24, 2.45) is 0 Å². The van der Waals surface area contributed by atoms with Crippen LogP contribution in [0.4, 0.5) is 0 Å². The second-order valence-corrected chi connectivity index (χ2v) is 2.89. The van der Waals surface area contributed by atoms with Crippen molar-refractivity contribution in [3.63, 3.8) is 0 Å². The minimum atomic E-state index is 0.639. The number of rotatable bonds is 1. The summed E-state index contributed by atoms with van der Waals surface area (Å²) in [5, 5.41) is 0. The third-order valence-electron chi connectivity index (χ3n) is 2.37. The molecule has 0 amide bonds. The van der Waals surface area contributed by atoms with Crippen LogP contribution in [0.25, 0.3) is 0 Å². The molecule has 1 heteroatoms. The summed E-state index contributed by atoms with van der Waals surface area (Å²) in [6.07, 6.45) is 4.66. The van der Waals surface area contributed by atoms with Crippen LogP contribution in [0.3, 0.4) is 0 Å². The molecule has 0 aromatic carbocycles. The highest BCUT2D eigenvalue weighted by Gasteiger charge is 2.23. The van der Waals surface area contributed by atoms with E-state index in [0.717, 1.165) is 6.04 Å². The Morgan fingerprint density at radius 3 is 1.53 bits per heavy atom. The Hall–Kier alpha value is -0.300. The molecule has 0 aliphatic carbocycles. The van der Waals surface area contributed by atoms with Gasteiger partial charge in [0.1, 0.15) is 0 Å². The van der Waals surface area contributed by atoms with E-state index in [4.69, 9.17) is 0 Å². The summed E-state index contributed by atoms with van der Waals surface area (Å²) in [7, 11) is 2.17. The van der Waals surface area contributed by atoms with E-state index in [0.29, 0.717) is 6.04 Å². The molecule has 0 spiro atoms. The standard InChI is InChI=1S/C8H15N.3C2H6/c1-4-8-6-5-7(2)9(8)3;3*1-2/h4,7-8H,1,5-6H2,2-3H3;3*1-2H3. The van der Waals surface area contributed by atoms with Gasteiger partial charge < -0.3 is 0 Å². The lowest BCUT2D eigenvalue weighted by molar-refractivity contribution is 0.287. The van der Waals surface area contributed by atoms with Gasteiger partial charge in [0.2, 0.25) is 0 Å². The van der Waals surface area contributed by atoms with Gasteiger partial charge in [-0.15, -0.1) is 6.58 Å². The summed E-state index contributed by atoms with van der Waals surface area (Å²) in [4.78, 5) is 2.38. The van der Waals surface area contributed by atoms with Gasteiger partial charge in [-0.3, -0.25) is 4.90 Å². The van der Waals surface area contributed by atoms with Crippen molar-refractivity contribution in [2.75, 3.05) is 7.05 Å². The fourth-order valence-electron chi connectivity index (χ4n) is 1.43. The van der Waals surface area contributed by atoms with Gasteiger partial charge in [0.05, 0.1) is 0 Å². The zero-order valence-corrected chi connectivity index (χ0v) is 12.3. The number of hydrogen-bond acceptors (Lipinski definition) is 1. The Morgan fingerprint density at radius 2 is 1.40 bits per heavy atom. The zero-order chi connectivity index (χ0) is 12.9. The number of hydrogen-bond donors (Lipinski definition) is 0. The van der Waals surface area contributed by atoms with E-state index in [1.54, 1.807) is 0 Å². The molecule has 15 heavy (non-hydrogen) atoms. The third kappa shape index (κ3) is 8.68. The summed E-state index contributed by atoms with van der Waals surface area (Å²) in [6.45, 7) is 18.1. The van der Waals surface area contributed by atoms with Crippen molar-refractivity contribution >= 4 is 0 Å². The molecule has 0 aromatic heterocycles. The molecule has 0 aromatic rings.